The Kier molecular flexibility index (Phi) is 5.99. The molecule has 0 aromatic heterocycles. The van der Waals surface area contributed by atoms with Crippen molar-refractivity contribution in [3.63, 3.8) is 0 Å². The van der Waals surface area contributed by atoms with Gasteiger partial charge in [-0.1, -0.05) is 37.3 Å². The van der Waals surface area contributed by atoms with Crippen LogP contribution < -0.4 is 11.1 Å². The first-order chi connectivity index (χ1) is 9.02. The van der Waals surface area contributed by atoms with Gasteiger partial charge in [0.15, 0.2) is 0 Å². The van der Waals surface area contributed by atoms with E-state index in [0.29, 0.717) is 13.2 Å². The van der Waals surface area contributed by atoms with Gasteiger partial charge in [-0.3, -0.25) is 4.79 Å². The van der Waals surface area contributed by atoms with Gasteiger partial charge in [0.1, 0.15) is 0 Å². The highest BCUT2D eigenvalue weighted by Gasteiger charge is 2.33. The number of rotatable bonds is 4. The van der Waals surface area contributed by atoms with Gasteiger partial charge in [-0.2, -0.15) is 0 Å². The Labute approximate surface area is 126 Å². The van der Waals surface area contributed by atoms with Crippen molar-refractivity contribution in [2.45, 2.75) is 31.8 Å². The number of carbonyl (C=O) groups excluding carboxylic acids is 1. The molecule has 1 amide bonds. The molecule has 0 aliphatic carbocycles. The van der Waals surface area contributed by atoms with Crippen LogP contribution in [0.3, 0.4) is 0 Å². The second-order valence-corrected chi connectivity index (χ2v) is 5.58. The van der Waals surface area contributed by atoms with E-state index in [9.17, 15) is 4.79 Å². The average molecular weight is 299 g/mol. The summed E-state index contributed by atoms with van der Waals surface area (Å²) in [5, 5.41) is 3.06. The van der Waals surface area contributed by atoms with E-state index in [-0.39, 0.29) is 35.8 Å². The summed E-state index contributed by atoms with van der Waals surface area (Å²) in [7, 11) is 0. The number of benzene rings is 1. The lowest BCUT2D eigenvalue weighted by atomic mass is 9.93. The van der Waals surface area contributed by atoms with Crippen molar-refractivity contribution < 1.29 is 9.53 Å². The smallest absolute Gasteiger partial charge is 0.225 e. The topological polar surface area (TPSA) is 64.3 Å². The number of nitrogens with two attached hydrogens (primary N) is 1. The summed E-state index contributed by atoms with van der Waals surface area (Å²) in [6, 6.07) is 9.44. The molecule has 4 nitrogen and oxygen atoms in total. The van der Waals surface area contributed by atoms with Gasteiger partial charge >= 0.3 is 0 Å². The van der Waals surface area contributed by atoms with Gasteiger partial charge in [0.05, 0.1) is 18.1 Å². The lowest BCUT2D eigenvalue weighted by molar-refractivity contribution is -0.127. The number of amides is 1. The Hall–Kier alpha value is -1.10. The highest BCUT2D eigenvalue weighted by molar-refractivity contribution is 5.85. The predicted molar refractivity (Wildman–Crippen MR) is 81.8 cm³/mol. The fraction of sp³-hybridized carbons (Fsp3) is 0.533. The first-order valence-electron chi connectivity index (χ1n) is 6.72. The van der Waals surface area contributed by atoms with Crippen LogP contribution in [0.15, 0.2) is 30.3 Å². The minimum absolute atomic E-state index is 0. The fourth-order valence-corrected chi connectivity index (χ4v) is 2.30. The van der Waals surface area contributed by atoms with Crippen LogP contribution >= 0.6 is 12.4 Å². The normalized spacial score (nSPS) is 24.6. The molecule has 1 aromatic carbocycles. The lowest BCUT2D eigenvalue weighted by Crippen LogP contribution is -2.49. The van der Waals surface area contributed by atoms with E-state index in [2.05, 4.69) is 5.32 Å². The van der Waals surface area contributed by atoms with Crippen molar-refractivity contribution in [2.24, 2.45) is 11.7 Å². The van der Waals surface area contributed by atoms with Crippen LogP contribution in [-0.4, -0.2) is 24.7 Å². The second kappa shape index (κ2) is 7.07. The number of halogens is 1. The molecule has 1 fully saturated rings. The third-order valence-corrected chi connectivity index (χ3v) is 3.78. The van der Waals surface area contributed by atoms with Crippen molar-refractivity contribution in [1.29, 1.82) is 0 Å². The molecule has 1 aromatic rings. The quantitative estimate of drug-likeness (QED) is 0.894. The minimum atomic E-state index is -0.285. The number of hydrogen-bond acceptors (Lipinski definition) is 3. The van der Waals surface area contributed by atoms with E-state index in [1.807, 2.05) is 44.2 Å². The Morgan fingerprint density at radius 3 is 2.60 bits per heavy atom. The molecule has 3 unspecified atom stereocenters. The van der Waals surface area contributed by atoms with Crippen molar-refractivity contribution >= 4 is 18.3 Å². The monoisotopic (exact) mass is 298 g/mol. The van der Waals surface area contributed by atoms with E-state index in [1.165, 1.54) is 0 Å². The molecular weight excluding hydrogens is 276 g/mol. The zero-order valence-electron chi connectivity index (χ0n) is 12.0. The molecule has 1 aliphatic heterocycles. The molecule has 1 heterocycles. The van der Waals surface area contributed by atoms with Crippen molar-refractivity contribution in [3.8, 4) is 0 Å². The average Bonchev–Trinajstić information content (AvgIpc) is 2.84. The van der Waals surface area contributed by atoms with E-state index >= 15 is 0 Å². The SMILES string of the molecule is CC(C(=O)NC1(C)CCOC1)C(N)c1ccccc1.Cl. The lowest BCUT2D eigenvalue weighted by Gasteiger charge is -2.27. The molecule has 1 aliphatic rings. The van der Waals surface area contributed by atoms with Crippen molar-refractivity contribution in [2.75, 3.05) is 13.2 Å². The Morgan fingerprint density at radius 1 is 1.40 bits per heavy atom. The number of ether oxygens (including phenoxy) is 1. The highest BCUT2D eigenvalue weighted by Crippen LogP contribution is 2.22. The van der Waals surface area contributed by atoms with Gasteiger partial charge in [0, 0.05) is 12.6 Å². The Morgan fingerprint density at radius 2 is 2.05 bits per heavy atom. The zero-order chi connectivity index (χ0) is 13.9. The summed E-state index contributed by atoms with van der Waals surface area (Å²) < 4.78 is 5.34. The summed E-state index contributed by atoms with van der Waals surface area (Å²) in [4.78, 5) is 12.3. The summed E-state index contributed by atoms with van der Waals surface area (Å²) in [6.07, 6.45) is 0.853. The maximum absolute atomic E-state index is 12.3. The second-order valence-electron chi connectivity index (χ2n) is 5.58. The third kappa shape index (κ3) is 3.95. The van der Waals surface area contributed by atoms with Gasteiger partial charge < -0.3 is 15.8 Å². The molecular formula is C15H23ClN2O2. The Bertz CT molecular complexity index is 433. The summed E-state index contributed by atoms with van der Waals surface area (Å²) in [5.41, 5.74) is 6.90. The molecule has 0 saturated carbocycles. The van der Waals surface area contributed by atoms with Crippen LogP contribution in [0.5, 0.6) is 0 Å². The molecule has 20 heavy (non-hydrogen) atoms. The number of hydrogen-bond donors (Lipinski definition) is 2. The maximum atomic E-state index is 12.3. The first kappa shape index (κ1) is 17.0. The minimum Gasteiger partial charge on any atom is -0.379 e. The van der Waals surface area contributed by atoms with E-state index < -0.39 is 0 Å². The largest absolute Gasteiger partial charge is 0.379 e. The first-order valence-corrected chi connectivity index (χ1v) is 6.72. The van der Waals surface area contributed by atoms with Crippen LogP contribution in [0.2, 0.25) is 0 Å². The number of carbonyl (C=O) groups is 1. The highest BCUT2D eigenvalue weighted by atomic mass is 35.5. The zero-order valence-corrected chi connectivity index (χ0v) is 12.8. The van der Waals surface area contributed by atoms with Crippen molar-refractivity contribution in [1.82, 2.24) is 5.32 Å². The van der Waals surface area contributed by atoms with Gasteiger partial charge in [0.2, 0.25) is 5.91 Å². The number of nitrogens with one attached hydrogen (secondary N) is 1. The van der Waals surface area contributed by atoms with Gasteiger partial charge in [-0.25, -0.2) is 0 Å². The molecule has 3 atom stereocenters. The molecule has 1 saturated heterocycles. The van der Waals surface area contributed by atoms with Crippen LogP contribution in [0.1, 0.15) is 31.9 Å². The van der Waals surface area contributed by atoms with Gasteiger partial charge in [-0.15, -0.1) is 12.4 Å². The molecule has 112 valence electrons. The maximum Gasteiger partial charge on any atom is 0.225 e. The summed E-state index contributed by atoms with van der Waals surface area (Å²) in [5.74, 6) is -0.274. The summed E-state index contributed by atoms with van der Waals surface area (Å²) >= 11 is 0. The molecule has 5 heteroatoms. The fourth-order valence-electron chi connectivity index (χ4n) is 2.30. The third-order valence-electron chi connectivity index (χ3n) is 3.78. The molecule has 3 N–H and O–H groups in total. The van der Waals surface area contributed by atoms with E-state index in [1.54, 1.807) is 0 Å². The molecule has 2 rings (SSSR count). The van der Waals surface area contributed by atoms with Crippen LogP contribution in [0, 0.1) is 5.92 Å². The predicted octanol–water partition coefficient (Wildman–Crippen LogP) is 2.04. The molecule has 0 bridgehead atoms. The van der Waals surface area contributed by atoms with Crippen molar-refractivity contribution in [3.05, 3.63) is 35.9 Å². The van der Waals surface area contributed by atoms with Crippen LogP contribution in [-0.2, 0) is 9.53 Å². The summed E-state index contributed by atoms with van der Waals surface area (Å²) in [6.45, 7) is 5.16. The van der Waals surface area contributed by atoms with E-state index in [0.717, 1.165) is 12.0 Å². The molecule has 0 radical (unpaired) electrons. The Balaban J connectivity index is 0.00000200. The van der Waals surface area contributed by atoms with Gasteiger partial charge in [-0.05, 0) is 18.9 Å². The molecule has 0 spiro atoms. The van der Waals surface area contributed by atoms with Gasteiger partial charge in [0.25, 0.3) is 0 Å². The standard InChI is InChI=1S/C15H22N2O2.ClH/c1-11(13(16)12-6-4-3-5-7-12)14(18)17-15(2)8-9-19-10-15;/h3-7,11,13H,8-10,16H2,1-2H3,(H,17,18);1H. The van der Waals surface area contributed by atoms with E-state index in [4.69, 9.17) is 10.5 Å². The van der Waals surface area contributed by atoms with Crippen LogP contribution in [0.25, 0.3) is 0 Å². The van der Waals surface area contributed by atoms with Crippen LogP contribution in [0.4, 0.5) is 0 Å².